The van der Waals surface area contributed by atoms with Crippen molar-refractivity contribution in [3.8, 4) is 0 Å². The second-order valence-corrected chi connectivity index (χ2v) is 5.64. The minimum atomic E-state index is -4.17. The average molecular weight is 458 g/mol. The summed E-state index contributed by atoms with van der Waals surface area (Å²) in [6, 6.07) is 6.22. The molecule has 4 nitrogen and oxygen atoms in total. The second-order valence-electron chi connectivity index (χ2n) is 5.64. The first-order chi connectivity index (χ1) is 10.7. The van der Waals surface area contributed by atoms with Crippen LogP contribution in [-0.4, -0.2) is 50.8 Å². The van der Waals surface area contributed by atoms with Crippen LogP contribution in [0.3, 0.4) is 0 Å². The maximum atomic E-state index is 12.2. The van der Waals surface area contributed by atoms with Crippen molar-refractivity contribution in [2.75, 3.05) is 33.7 Å². The molecule has 0 aliphatic rings. The van der Waals surface area contributed by atoms with Gasteiger partial charge in [0.25, 0.3) is 0 Å². The Labute approximate surface area is 158 Å². The SMILES string of the molecule is CN=C(NCCN(C)CC(F)(F)F)NCc1ccc(C)cc1C.I. The molecule has 2 N–H and O–H groups in total. The smallest absolute Gasteiger partial charge is 0.355 e. The van der Waals surface area contributed by atoms with Gasteiger partial charge in [0.2, 0.25) is 0 Å². The molecule has 0 aliphatic carbocycles. The van der Waals surface area contributed by atoms with Crippen molar-refractivity contribution in [3.05, 3.63) is 34.9 Å². The van der Waals surface area contributed by atoms with E-state index >= 15 is 0 Å². The van der Waals surface area contributed by atoms with E-state index in [1.165, 1.54) is 23.1 Å². The number of benzene rings is 1. The van der Waals surface area contributed by atoms with E-state index in [1.54, 1.807) is 7.05 Å². The zero-order valence-corrected chi connectivity index (χ0v) is 16.8. The third-order valence-corrected chi connectivity index (χ3v) is 3.40. The van der Waals surface area contributed by atoms with Gasteiger partial charge >= 0.3 is 6.18 Å². The molecule has 138 valence electrons. The van der Waals surface area contributed by atoms with E-state index in [-0.39, 0.29) is 30.5 Å². The van der Waals surface area contributed by atoms with Crippen LogP contribution in [0.15, 0.2) is 23.2 Å². The van der Waals surface area contributed by atoms with Crippen molar-refractivity contribution in [1.82, 2.24) is 15.5 Å². The van der Waals surface area contributed by atoms with Gasteiger partial charge in [-0.15, -0.1) is 24.0 Å². The van der Waals surface area contributed by atoms with Crippen LogP contribution < -0.4 is 10.6 Å². The van der Waals surface area contributed by atoms with Gasteiger partial charge in [-0.05, 0) is 32.0 Å². The fourth-order valence-electron chi connectivity index (χ4n) is 2.19. The molecule has 0 fully saturated rings. The van der Waals surface area contributed by atoms with Crippen molar-refractivity contribution < 1.29 is 13.2 Å². The van der Waals surface area contributed by atoms with E-state index in [2.05, 4.69) is 27.8 Å². The lowest BCUT2D eigenvalue weighted by Gasteiger charge is -2.19. The van der Waals surface area contributed by atoms with E-state index in [1.807, 2.05) is 19.9 Å². The molecular weight excluding hydrogens is 432 g/mol. The Morgan fingerprint density at radius 3 is 2.42 bits per heavy atom. The van der Waals surface area contributed by atoms with Gasteiger partial charge in [-0.1, -0.05) is 23.8 Å². The highest BCUT2D eigenvalue weighted by Crippen LogP contribution is 2.15. The number of aliphatic imine (C=N–C) groups is 1. The van der Waals surface area contributed by atoms with Crippen molar-refractivity contribution in [1.29, 1.82) is 0 Å². The Kier molecular flexibility index (Phi) is 10.3. The second kappa shape index (κ2) is 10.8. The van der Waals surface area contributed by atoms with Crippen molar-refractivity contribution >= 4 is 29.9 Å². The largest absolute Gasteiger partial charge is 0.401 e. The topological polar surface area (TPSA) is 39.7 Å². The van der Waals surface area contributed by atoms with Crippen LogP contribution in [0, 0.1) is 13.8 Å². The lowest BCUT2D eigenvalue weighted by atomic mass is 10.1. The third-order valence-electron chi connectivity index (χ3n) is 3.40. The lowest BCUT2D eigenvalue weighted by molar-refractivity contribution is -0.142. The van der Waals surface area contributed by atoms with Gasteiger partial charge in [0.1, 0.15) is 0 Å². The fraction of sp³-hybridized carbons (Fsp3) is 0.562. The first-order valence-electron chi connectivity index (χ1n) is 7.47. The predicted molar refractivity (Wildman–Crippen MR) is 103 cm³/mol. The number of hydrogen-bond donors (Lipinski definition) is 2. The molecule has 1 aromatic carbocycles. The fourth-order valence-corrected chi connectivity index (χ4v) is 2.19. The summed E-state index contributed by atoms with van der Waals surface area (Å²) in [4.78, 5) is 5.30. The maximum Gasteiger partial charge on any atom is 0.401 e. The third kappa shape index (κ3) is 9.31. The highest BCUT2D eigenvalue weighted by molar-refractivity contribution is 14.0. The van der Waals surface area contributed by atoms with Gasteiger partial charge in [-0.2, -0.15) is 13.2 Å². The number of alkyl halides is 3. The molecule has 0 radical (unpaired) electrons. The monoisotopic (exact) mass is 458 g/mol. The Morgan fingerprint density at radius 2 is 1.88 bits per heavy atom. The summed E-state index contributed by atoms with van der Waals surface area (Å²) >= 11 is 0. The summed E-state index contributed by atoms with van der Waals surface area (Å²) in [5.41, 5.74) is 3.56. The molecule has 0 aromatic heterocycles. The summed E-state index contributed by atoms with van der Waals surface area (Å²) in [5.74, 6) is 0.574. The summed E-state index contributed by atoms with van der Waals surface area (Å²) < 4.78 is 36.7. The van der Waals surface area contributed by atoms with Crippen LogP contribution in [0.2, 0.25) is 0 Å². The maximum absolute atomic E-state index is 12.2. The Morgan fingerprint density at radius 1 is 1.21 bits per heavy atom. The summed E-state index contributed by atoms with van der Waals surface area (Å²) in [6.07, 6.45) is -4.17. The Balaban J connectivity index is 0.00000529. The molecule has 0 atom stereocenters. The van der Waals surface area contributed by atoms with Gasteiger partial charge in [0.15, 0.2) is 5.96 Å². The summed E-state index contributed by atoms with van der Waals surface area (Å²) in [7, 11) is 3.08. The number of likely N-dealkylation sites (N-methyl/N-ethyl adjacent to an activating group) is 1. The molecule has 8 heteroatoms. The molecule has 0 bridgehead atoms. The Bertz CT molecular complexity index is 533. The molecule has 0 unspecified atom stereocenters. The number of nitrogens with one attached hydrogen (secondary N) is 2. The lowest BCUT2D eigenvalue weighted by Crippen LogP contribution is -2.42. The first kappa shape index (κ1) is 23.0. The highest BCUT2D eigenvalue weighted by atomic mass is 127. The zero-order valence-electron chi connectivity index (χ0n) is 14.5. The molecule has 0 saturated heterocycles. The minimum Gasteiger partial charge on any atom is -0.355 e. The van der Waals surface area contributed by atoms with Crippen molar-refractivity contribution in [2.45, 2.75) is 26.6 Å². The summed E-state index contributed by atoms with van der Waals surface area (Å²) in [6.45, 7) is 4.46. The molecule has 0 spiro atoms. The highest BCUT2D eigenvalue weighted by Gasteiger charge is 2.28. The van der Waals surface area contributed by atoms with Gasteiger partial charge in [0, 0.05) is 26.7 Å². The van der Waals surface area contributed by atoms with E-state index in [0.717, 1.165) is 5.56 Å². The number of rotatable bonds is 6. The summed E-state index contributed by atoms with van der Waals surface area (Å²) in [5, 5.41) is 6.18. The van der Waals surface area contributed by atoms with E-state index in [0.29, 0.717) is 19.0 Å². The van der Waals surface area contributed by atoms with Crippen LogP contribution in [0.25, 0.3) is 0 Å². The van der Waals surface area contributed by atoms with Crippen LogP contribution >= 0.6 is 24.0 Å². The first-order valence-corrected chi connectivity index (χ1v) is 7.47. The van der Waals surface area contributed by atoms with Gasteiger partial charge in [-0.3, -0.25) is 9.89 Å². The number of guanidine groups is 1. The van der Waals surface area contributed by atoms with Crippen LogP contribution in [-0.2, 0) is 6.54 Å². The van der Waals surface area contributed by atoms with Gasteiger partial charge in [0.05, 0.1) is 6.54 Å². The van der Waals surface area contributed by atoms with Crippen LogP contribution in [0.5, 0.6) is 0 Å². The van der Waals surface area contributed by atoms with E-state index < -0.39 is 12.7 Å². The standard InChI is InChI=1S/C16H25F3N4.HI/c1-12-5-6-14(13(2)9-12)10-22-15(20-3)21-7-8-23(4)11-16(17,18)19;/h5-6,9H,7-8,10-11H2,1-4H3,(H2,20,21,22);1H. The molecule has 0 aliphatic heterocycles. The molecule has 1 aromatic rings. The minimum absolute atomic E-state index is 0. The molecule has 0 saturated carbocycles. The molecule has 1 rings (SSSR count). The number of hydrogen-bond acceptors (Lipinski definition) is 2. The van der Waals surface area contributed by atoms with E-state index in [9.17, 15) is 13.2 Å². The molecule has 0 heterocycles. The van der Waals surface area contributed by atoms with Gasteiger partial charge < -0.3 is 10.6 Å². The van der Waals surface area contributed by atoms with Crippen molar-refractivity contribution in [3.63, 3.8) is 0 Å². The molecular formula is C16H26F3IN4. The normalized spacial score (nSPS) is 12.1. The number of aryl methyl sites for hydroxylation is 2. The Hall–Kier alpha value is -1.03. The zero-order chi connectivity index (χ0) is 17.5. The quantitative estimate of drug-likeness (QED) is 0.391. The van der Waals surface area contributed by atoms with Crippen molar-refractivity contribution in [2.24, 2.45) is 4.99 Å². The van der Waals surface area contributed by atoms with E-state index in [4.69, 9.17) is 0 Å². The number of halogens is 4. The number of nitrogens with zero attached hydrogens (tertiary/aromatic N) is 2. The van der Waals surface area contributed by atoms with Gasteiger partial charge in [-0.25, -0.2) is 0 Å². The van der Waals surface area contributed by atoms with Crippen LogP contribution in [0.1, 0.15) is 16.7 Å². The molecule has 0 amide bonds. The molecule has 24 heavy (non-hydrogen) atoms. The van der Waals surface area contributed by atoms with Crippen LogP contribution in [0.4, 0.5) is 13.2 Å². The predicted octanol–water partition coefficient (Wildman–Crippen LogP) is 3.08. The average Bonchev–Trinajstić information content (AvgIpc) is 2.42.